The maximum absolute atomic E-state index is 13.1. The lowest BCUT2D eigenvalue weighted by molar-refractivity contribution is -0.119. The largest absolute Gasteiger partial charge is 0.497 e. The van der Waals surface area contributed by atoms with Crippen molar-refractivity contribution < 1.29 is 42.3 Å². The minimum Gasteiger partial charge on any atom is -0.497 e. The maximum atomic E-state index is 13.1. The number of nitrogens with zero attached hydrogens (tertiary/aromatic N) is 6. The van der Waals surface area contributed by atoms with E-state index in [2.05, 4.69) is 54.1 Å². The second kappa shape index (κ2) is 23.0. The first kappa shape index (κ1) is 50.8. The Bertz CT molecular complexity index is 2390. The third kappa shape index (κ3) is 11.4. The number of amides is 2. The van der Waals surface area contributed by atoms with Crippen molar-refractivity contribution in [1.82, 2.24) is 24.2 Å². The fourth-order valence-electron chi connectivity index (χ4n) is 7.89. The molecule has 1 aliphatic rings. The first-order chi connectivity index (χ1) is 32.2. The zero-order valence-electron chi connectivity index (χ0n) is 40.1. The summed E-state index contributed by atoms with van der Waals surface area (Å²) in [5, 5.41) is 15.2. The molecule has 2 aromatic heterocycles. The summed E-state index contributed by atoms with van der Waals surface area (Å²) in [4.78, 5) is 40.1. The number of rotatable bonds is 22. The van der Waals surface area contributed by atoms with E-state index in [0.717, 1.165) is 16.7 Å². The third-order valence-electron chi connectivity index (χ3n) is 11.3. The number of methoxy groups -OCH3 is 3. The summed E-state index contributed by atoms with van der Waals surface area (Å²) in [7, 11) is 2.99. The number of nitriles is 1. The molecule has 0 bridgehead atoms. The molecule has 0 saturated carbocycles. The predicted molar refractivity (Wildman–Crippen MR) is 255 cm³/mol. The molecule has 3 heterocycles. The molecule has 67 heavy (non-hydrogen) atoms. The molecule has 5 atom stereocenters. The number of hydrogen-bond donors (Lipinski definition) is 2. The zero-order chi connectivity index (χ0) is 48.4. The molecule has 2 amide bonds. The highest BCUT2D eigenvalue weighted by Crippen LogP contribution is 2.51. The molecule has 0 aliphatic carbocycles. The summed E-state index contributed by atoms with van der Waals surface area (Å²) < 4.78 is 49.5. The number of hydrogen-bond acceptors (Lipinski definition) is 14. The molecule has 6 rings (SSSR count). The van der Waals surface area contributed by atoms with E-state index in [9.17, 15) is 14.9 Å². The minimum absolute atomic E-state index is 0.00822. The van der Waals surface area contributed by atoms with E-state index < -0.39 is 38.7 Å². The molecule has 1 aliphatic heterocycles. The Morgan fingerprint density at radius 2 is 1.37 bits per heavy atom. The van der Waals surface area contributed by atoms with Crippen LogP contribution >= 0.6 is 8.53 Å². The van der Waals surface area contributed by atoms with Gasteiger partial charge in [0.25, 0.3) is 8.53 Å². The Hall–Kier alpha value is -5.57. The van der Waals surface area contributed by atoms with Gasteiger partial charge in [-0.2, -0.15) is 15.2 Å². The molecular weight excluding hydrogens is 876 g/mol. The van der Waals surface area contributed by atoms with Crippen LogP contribution in [0.15, 0.2) is 85.2 Å². The molecule has 1 saturated heterocycles. The van der Waals surface area contributed by atoms with Crippen molar-refractivity contribution in [2.75, 3.05) is 45.2 Å². The van der Waals surface area contributed by atoms with Gasteiger partial charge in [-0.3, -0.25) is 19.5 Å². The quantitative estimate of drug-likeness (QED) is 0.0381. The average molecular weight is 939 g/mol. The van der Waals surface area contributed by atoms with Gasteiger partial charge in [0.2, 0.25) is 17.8 Å². The third-order valence-corrected chi connectivity index (χ3v) is 13.4. The summed E-state index contributed by atoms with van der Waals surface area (Å²) in [6.45, 7) is 15.4. The fourth-order valence-corrected chi connectivity index (χ4v) is 9.65. The number of carbonyl (C=O) groups excluding carboxylic acids is 2. The summed E-state index contributed by atoms with van der Waals surface area (Å²) >= 11 is 0. The van der Waals surface area contributed by atoms with E-state index in [1.165, 1.54) is 0 Å². The van der Waals surface area contributed by atoms with Gasteiger partial charge in [-0.15, -0.1) is 0 Å². The molecule has 5 aromatic rings. The lowest BCUT2D eigenvalue weighted by atomic mass is 9.80. The first-order valence-electron chi connectivity index (χ1n) is 22.4. The molecule has 3 aromatic carbocycles. The number of aromatic nitrogens is 4. The van der Waals surface area contributed by atoms with Crippen LogP contribution in [0.2, 0.25) is 0 Å². The SMILES string of the molecule is COc1ccc(C(OC[C@H]2O[C@@H](n3cnc4c(NC(=O)C(C)C)nc(NC(=O)C(C)C)nc43)[C@H](OC)[C@@H]2OP(OCCC#N)N(C(C)C)C(C)C)(c2ccccc2)c2ccc(OC)cc2)cc1. The highest BCUT2D eigenvalue weighted by Gasteiger charge is 2.51. The number of benzene rings is 3. The first-order valence-corrected chi connectivity index (χ1v) is 23.6. The number of anilines is 2. The van der Waals surface area contributed by atoms with Gasteiger partial charge >= 0.3 is 0 Å². The second-order valence-electron chi connectivity index (χ2n) is 17.2. The van der Waals surface area contributed by atoms with Crippen LogP contribution in [0.1, 0.15) is 84.7 Å². The number of nitrogens with one attached hydrogen (secondary N) is 2. The van der Waals surface area contributed by atoms with Gasteiger partial charge in [0.1, 0.15) is 35.4 Å². The van der Waals surface area contributed by atoms with Crippen LogP contribution in [0.4, 0.5) is 11.8 Å². The van der Waals surface area contributed by atoms with Gasteiger partial charge in [-0.25, -0.2) is 9.65 Å². The Morgan fingerprint density at radius 1 is 0.806 bits per heavy atom. The lowest BCUT2D eigenvalue weighted by Gasteiger charge is -2.39. The van der Waals surface area contributed by atoms with Gasteiger partial charge in [-0.1, -0.05) is 82.3 Å². The Kier molecular flexibility index (Phi) is 17.4. The van der Waals surface area contributed by atoms with E-state index in [4.69, 9.17) is 42.7 Å². The van der Waals surface area contributed by atoms with E-state index >= 15 is 0 Å². The van der Waals surface area contributed by atoms with Gasteiger partial charge in [0.05, 0.1) is 46.3 Å². The summed E-state index contributed by atoms with van der Waals surface area (Å²) in [6.07, 6.45) is -1.81. The van der Waals surface area contributed by atoms with Gasteiger partial charge < -0.3 is 38.0 Å². The van der Waals surface area contributed by atoms with Crippen LogP contribution in [-0.4, -0.2) is 101 Å². The number of ether oxygens (including phenoxy) is 5. The van der Waals surface area contributed by atoms with Crippen molar-refractivity contribution in [3.05, 3.63) is 102 Å². The molecular formula is C49H63N8O9P. The van der Waals surface area contributed by atoms with E-state index in [1.54, 1.807) is 59.9 Å². The molecule has 17 nitrogen and oxygen atoms in total. The number of imidazole rings is 1. The van der Waals surface area contributed by atoms with E-state index in [1.807, 2.05) is 78.9 Å². The second-order valence-corrected chi connectivity index (χ2v) is 18.6. The molecule has 0 radical (unpaired) electrons. The topological polar surface area (TPSA) is 193 Å². The van der Waals surface area contributed by atoms with Crippen molar-refractivity contribution in [1.29, 1.82) is 5.26 Å². The summed E-state index contributed by atoms with van der Waals surface area (Å²) in [5.41, 5.74) is 1.79. The van der Waals surface area contributed by atoms with Crippen LogP contribution in [0, 0.1) is 23.2 Å². The monoisotopic (exact) mass is 938 g/mol. The van der Waals surface area contributed by atoms with Crippen molar-refractivity contribution >= 4 is 43.3 Å². The van der Waals surface area contributed by atoms with E-state index in [0.29, 0.717) is 11.5 Å². The molecule has 358 valence electrons. The number of carbonyl (C=O) groups is 2. The van der Waals surface area contributed by atoms with Crippen LogP contribution in [0.25, 0.3) is 11.2 Å². The van der Waals surface area contributed by atoms with Crippen LogP contribution in [0.5, 0.6) is 11.5 Å². The van der Waals surface area contributed by atoms with Gasteiger partial charge in [0.15, 0.2) is 23.2 Å². The van der Waals surface area contributed by atoms with Crippen molar-refractivity contribution in [2.45, 2.75) is 104 Å². The molecule has 1 fully saturated rings. The summed E-state index contributed by atoms with van der Waals surface area (Å²) in [6, 6.07) is 27.6. The molecule has 18 heteroatoms. The molecule has 2 N–H and O–H groups in total. The normalized spacial score (nSPS) is 18.0. The maximum Gasteiger partial charge on any atom is 0.259 e. The standard InChI is InChI=1S/C49H63N8O9P/c1-30(2)45(58)52-43-40-44(54-48(53-43)55-46(59)31(3)4)56(29-51-40)47-42(62-11)41(66-67(64-27-15-26-50)57(32(5)6)33(7)8)39(65-47)28-63-49(34-16-13-12-14-17-34,35-18-22-37(60-9)23-19-35)36-20-24-38(61-10)25-21-36/h12-14,16-25,29-33,39,41-42,47H,15,27-28H2,1-11H3,(H2,52,53,54,55,58,59)/t39-,41-,42-,47-,67?/m1/s1. The Labute approximate surface area is 394 Å². The highest BCUT2D eigenvalue weighted by molar-refractivity contribution is 7.44. The number of fused-ring (bicyclic) bond motifs is 1. The summed E-state index contributed by atoms with van der Waals surface area (Å²) in [5.74, 6) is 0.0721. The molecule has 1 unspecified atom stereocenters. The molecule has 0 spiro atoms. The highest BCUT2D eigenvalue weighted by atomic mass is 31.2. The van der Waals surface area contributed by atoms with Crippen LogP contribution in [0.3, 0.4) is 0 Å². The fraction of sp³-hybridized carbons (Fsp3) is 0.469. The van der Waals surface area contributed by atoms with Gasteiger partial charge in [-0.05, 0) is 68.7 Å². The zero-order valence-corrected chi connectivity index (χ0v) is 41.0. The van der Waals surface area contributed by atoms with E-state index in [-0.39, 0.29) is 78.3 Å². The van der Waals surface area contributed by atoms with Gasteiger partial charge in [0, 0.05) is 31.0 Å². The minimum atomic E-state index is -1.83. The Morgan fingerprint density at radius 3 is 1.90 bits per heavy atom. The van der Waals surface area contributed by atoms with Crippen molar-refractivity contribution in [3.8, 4) is 17.6 Å². The Balaban J connectivity index is 1.53. The predicted octanol–water partition coefficient (Wildman–Crippen LogP) is 8.61. The lowest BCUT2D eigenvalue weighted by Crippen LogP contribution is -2.42. The average Bonchev–Trinajstić information content (AvgIpc) is 3.90. The van der Waals surface area contributed by atoms with Crippen molar-refractivity contribution in [3.63, 3.8) is 0 Å². The smallest absolute Gasteiger partial charge is 0.259 e. The van der Waals surface area contributed by atoms with Crippen molar-refractivity contribution in [2.24, 2.45) is 11.8 Å². The van der Waals surface area contributed by atoms with Crippen LogP contribution < -0.4 is 20.1 Å². The van der Waals surface area contributed by atoms with Crippen LogP contribution in [-0.2, 0) is 38.4 Å².